The normalized spacial score (nSPS) is 16.1. The fourth-order valence-electron chi connectivity index (χ4n) is 2.21. The van der Waals surface area contributed by atoms with E-state index in [0.29, 0.717) is 17.8 Å². The summed E-state index contributed by atoms with van der Waals surface area (Å²) in [4.78, 5) is 25.4. The predicted molar refractivity (Wildman–Crippen MR) is 73.9 cm³/mol. The third-order valence-electron chi connectivity index (χ3n) is 2.99. The van der Waals surface area contributed by atoms with Gasteiger partial charge in [-0.25, -0.2) is 0 Å². The Kier molecular flexibility index (Phi) is 3.82. The van der Waals surface area contributed by atoms with Crippen molar-refractivity contribution in [1.82, 2.24) is 5.32 Å². The molecule has 0 fully saturated rings. The number of nitrogens with zero attached hydrogens (tertiary/aromatic N) is 1. The Labute approximate surface area is 114 Å². The molecule has 96 valence electrons. The Hall–Kier alpha value is -1.20. The minimum atomic E-state index is -0.431. The van der Waals surface area contributed by atoms with Gasteiger partial charge in [0.25, 0.3) is 11.7 Å². The summed E-state index contributed by atoms with van der Waals surface area (Å²) in [7, 11) is 1.87. The maximum Gasteiger partial charge on any atom is 0.299 e. The Morgan fingerprint density at radius 3 is 2.78 bits per heavy atom. The molecular formula is C13H15BrN2O2. The lowest BCUT2D eigenvalue weighted by Crippen LogP contribution is -2.36. The van der Waals surface area contributed by atoms with E-state index in [1.807, 2.05) is 20.0 Å². The van der Waals surface area contributed by atoms with Crippen LogP contribution in [-0.2, 0) is 4.79 Å². The first-order chi connectivity index (χ1) is 8.56. The van der Waals surface area contributed by atoms with Crippen LogP contribution in [0.1, 0.15) is 17.3 Å². The molecule has 1 N–H and O–H groups in total. The summed E-state index contributed by atoms with van der Waals surface area (Å²) >= 11 is 3.41. The number of hydrogen-bond acceptors (Lipinski definition) is 3. The molecule has 4 nitrogen and oxygen atoms in total. The minimum Gasteiger partial charge on any atom is -0.319 e. The zero-order valence-corrected chi connectivity index (χ0v) is 12.0. The first-order valence-corrected chi connectivity index (χ1v) is 6.65. The highest BCUT2D eigenvalue weighted by Crippen LogP contribution is 2.36. The van der Waals surface area contributed by atoms with Crippen LogP contribution in [0.15, 0.2) is 22.7 Å². The summed E-state index contributed by atoms with van der Waals surface area (Å²) in [5.41, 5.74) is 1.20. The number of rotatable bonds is 4. The molecule has 5 heteroatoms. The quantitative estimate of drug-likeness (QED) is 0.863. The van der Waals surface area contributed by atoms with Crippen molar-refractivity contribution in [2.75, 3.05) is 25.0 Å². The van der Waals surface area contributed by atoms with E-state index in [-0.39, 0.29) is 5.92 Å². The smallest absolute Gasteiger partial charge is 0.299 e. The van der Waals surface area contributed by atoms with Crippen molar-refractivity contribution in [3.8, 4) is 0 Å². The van der Waals surface area contributed by atoms with Gasteiger partial charge in [-0.05, 0) is 47.6 Å². The van der Waals surface area contributed by atoms with E-state index in [9.17, 15) is 9.59 Å². The molecule has 0 radical (unpaired) electrons. The lowest BCUT2D eigenvalue weighted by atomic mass is 10.1. The molecule has 0 saturated carbocycles. The van der Waals surface area contributed by atoms with Gasteiger partial charge in [-0.2, -0.15) is 0 Å². The van der Waals surface area contributed by atoms with Crippen LogP contribution >= 0.6 is 15.9 Å². The van der Waals surface area contributed by atoms with Crippen molar-refractivity contribution in [3.05, 3.63) is 28.2 Å². The highest BCUT2D eigenvalue weighted by Gasteiger charge is 2.37. The van der Waals surface area contributed by atoms with Crippen LogP contribution in [-0.4, -0.2) is 31.8 Å². The van der Waals surface area contributed by atoms with Gasteiger partial charge in [0.1, 0.15) is 0 Å². The lowest BCUT2D eigenvalue weighted by molar-refractivity contribution is -0.114. The van der Waals surface area contributed by atoms with E-state index in [2.05, 4.69) is 21.2 Å². The number of para-hydroxylation sites is 1. The molecule has 0 aliphatic carbocycles. The Morgan fingerprint density at radius 2 is 2.11 bits per heavy atom. The molecule has 1 aromatic rings. The molecule has 0 bridgehead atoms. The lowest BCUT2D eigenvalue weighted by Gasteiger charge is -2.21. The van der Waals surface area contributed by atoms with Crippen LogP contribution in [0.5, 0.6) is 0 Å². The Bertz CT molecular complexity index is 502. The van der Waals surface area contributed by atoms with Gasteiger partial charge < -0.3 is 10.2 Å². The number of carbonyl (C=O) groups excluding carboxylic acids is 2. The van der Waals surface area contributed by atoms with Crippen LogP contribution in [0, 0.1) is 5.92 Å². The van der Waals surface area contributed by atoms with Gasteiger partial charge in [-0.15, -0.1) is 0 Å². The van der Waals surface area contributed by atoms with Gasteiger partial charge in [0.15, 0.2) is 0 Å². The van der Waals surface area contributed by atoms with Crippen LogP contribution in [0.3, 0.4) is 0 Å². The number of fused-ring (bicyclic) bond motifs is 1. The summed E-state index contributed by atoms with van der Waals surface area (Å²) in [6.45, 7) is 3.39. The standard InChI is InChI=1S/C13H15BrN2O2/c1-8(6-15-2)7-16-11-9(12(17)13(16)18)4-3-5-10(11)14/h3-5,8,15H,6-7H2,1-2H3. The number of halogens is 1. The number of nitrogens with one attached hydrogen (secondary N) is 1. The van der Waals surface area contributed by atoms with E-state index in [0.717, 1.165) is 11.0 Å². The molecule has 1 unspecified atom stereocenters. The molecule has 2 rings (SSSR count). The summed E-state index contributed by atoms with van der Waals surface area (Å²) in [6, 6.07) is 5.32. The largest absolute Gasteiger partial charge is 0.319 e. The zero-order chi connectivity index (χ0) is 13.3. The maximum atomic E-state index is 12.0. The summed E-state index contributed by atoms with van der Waals surface area (Å²) < 4.78 is 0.788. The number of anilines is 1. The molecule has 1 heterocycles. The van der Waals surface area contributed by atoms with Crippen molar-refractivity contribution in [2.24, 2.45) is 5.92 Å². The first-order valence-electron chi connectivity index (χ1n) is 5.85. The van der Waals surface area contributed by atoms with Crippen molar-refractivity contribution in [2.45, 2.75) is 6.92 Å². The van der Waals surface area contributed by atoms with Crippen LogP contribution in [0.4, 0.5) is 5.69 Å². The number of hydrogen-bond donors (Lipinski definition) is 1. The van der Waals surface area contributed by atoms with Crippen molar-refractivity contribution < 1.29 is 9.59 Å². The van der Waals surface area contributed by atoms with E-state index >= 15 is 0 Å². The summed E-state index contributed by atoms with van der Waals surface area (Å²) in [5, 5.41) is 3.07. The van der Waals surface area contributed by atoms with E-state index in [4.69, 9.17) is 0 Å². The van der Waals surface area contributed by atoms with Crippen molar-refractivity contribution in [1.29, 1.82) is 0 Å². The number of carbonyl (C=O) groups is 2. The number of amides is 1. The average molecular weight is 311 g/mol. The highest BCUT2D eigenvalue weighted by molar-refractivity contribution is 9.10. The molecule has 0 saturated heterocycles. The van der Waals surface area contributed by atoms with Crippen LogP contribution in [0.2, 0.25) is 0 Å². The van der Waals surface area contributed by atoms with Crippen molar-refractivity contribution >= 4 is 33.3 Å². The SMILES string of the molecule is CNCC(C)CN1C(=O)C(=O)c2cccc(Br)c21. The molecule has 1 aliphatic rings. The van der Waals surface area contributed by atoms with E-state index in [1.165, 1.54) is 0 Å². The Balaban J connectivity index is 2.33. The summed E-state index contributed by atoms with van der Waals surface area (Å²) in [6.07, 6.45) is 0. The first kappa shape index (κ1) is 13.2. The zero-order valence-electron chi connectivity index (χ0n) is 10.4. The fourth-order valence-corrected chi connectivity index (χ4v) is 2.79. The molecule has 18 heavy (non-hydrogen) atoms. The van der Waals surface area contributed by atoms with Gasteiger partial charge >= 0.3 is 0 Å². The third kappa shape index (κ3) is 2.20. The maximum absolute atomic E-state index is 12.0. The van der Waals surface area contributed by atoms with Gasteiger partial charge in [-0.1, -0.05) is 13.0 Å². The fraction of sp³-hybridized carbons (Fsp3) is 0.385. The van der Waals surface area contributed by atoms with Gasteiger partial charge in [-0.3, -0.25) is 9.59 Å². The third-order valence-corrected chi connectivity index (χ3v) is 3.63. The molecule has 1 aliphatic heterocycles. The molecule has 1 aromatic carbocycles. The monoisotopic (exact) mass is 310 g/mol. The van der Waals surface area contributed by atoms with Crippen LogP contribution < -0.4 is 10.2 Å². The number of ketones is 1. The second-order valence-corrected chi connectivity index (χ2v) is 5.40. The summed E-state index contributed by atoms with van der Waals surface area (Å²) in [5.74, 6) is -0.562. The van der Waals surface area contributed by atoms with Gasteiger partial charge in [0.05, 0.1) is 11.3 Å². The van der Waals surface area contributed by atoms with E-state index < -0.39 is 11.7 Å². The Morgan fingerprint density at radius 1 is 1.39 bits per heavy atom. The number of Topliss-reactive ketones (excluding diaryl/α,β-unsaturated/α-hetero) is 1. The second kappa shape index (κ2) is 5.20. The molecule has 1 amide bonds. The molecule has 0 spiro atoms. The minimum absolute atomic E-state index is 0.282. The number of benzene rings is 1. The van der Waals surface area contributed by atoms with E-state index in [1.54, 1.807) is 17.0 Å². The topological polar surface area (TPSA) is 49.4 Å². The van der Waals surface area contributed by atoms with Gasteiger partial charge in [0, 0.05) is 11.0 Å². The molecule has 0 aromatic heterocycles. The highest BCUT2D eigenvalue weighted by atomic mass is 79.9. The van der Waals surface area contributed by atoms with Crippen molar-refractivity contribution in [3.63, 3.8) is 0 Å². The molecular weight excluding hydrogens is 296 g/mol. The van der Waals surface area contributed by atoms with Gasteiger partial charge in [0.2, 0.25) is 0 Å². The van der Waals surface area contributed by atoms with Crippen LogP contribution in [0.25, 0.3) is 0 Å². The predicted octanol–water partition coefficient (Wildman–Crippen LogP) is 1.83. The second-order valence-electron chi connectivity index (χ2n) is 4.54. The average Bonchev–Trinajstić information content (AvgIpc) is 2.56. The molecule has 1 atom stereocenters.